The van der Waals surface area contributed by atoms with E-state index < -0.39 is 10.0 Å². The van der Waals surface area contributed by atoms with Gasteiger partial charge in [-0.1, -0.05) is 0 Å². The molecule has 7 heteroatoms. The van der Waals surface area contributed by atoms with Gasteiger partial charge in [0, 0.05) is 32.4 Å². The van der Waals surface area contributed by atoms with Gasteiger partial charge in [-0.3, -0.25) is 4.68 Å². The Hall–Kier alpha value is -1.86. The summed E-state index contributed by atoms with van der Waals surface area (Å²) in [5.74, 6) is 0.732. The SMILES string of the molecule is CN(Cc1cnn(C)c1)S(=O)(=O)c1ccc(OC2CCCC2)cc1. The second-order valence-electron chi connectivity index (χ2n) is 6.28. The van der Waals surface area contributed by atoms with Gasteiger partial charge in [0.2, 0.25) is 10.0 Å². The second-order valence-corrected chi connectivity index (χ2v) is 8.32. The minimum Gasteiger partial charge on any atom is -0.490 e. The fourth-order valence-corrected chi connectivity index (χ4v) is 4.12. The third-order valence-corrected chi connectivity index (χ3v) is 6.12. The molecule has 1 saturated carbocycles. The van der Waals surface area contributed by atoms with E-state index in [4.69, 9.17) is 4.74 Å². The van der Waals surface area contributed by atoms with Gasteiger partial charge in [-0.25, -0.2) is 8.42 Å². The monoisotopic (exact) mass is 349 g/mol. The number of ether oxygens (including phenoxy) is 1. The van der Waals surface area contributed by atoms with Crippen LogP contribution in [0.25, 0.3) is 0 Å². The lowest BCUT2D eigenvalue weighted by atomic mass is 10.3. The highest BCUT2D eigenvalue weighted by Crippen LogP contribution is 2.25. The normalized spacial score (nSPS) is 16.0. The first-order chi connectivity index (χ1) is 11.4. The Bertz CT molecular complexity index is 778. The molecule has 1 aliphatic rings. The molecule has 2 aromatic rings. The van der Waals surface area contributed by atoms with E-state index in [0.717, 1.165) is 24.2 Å². The maximum atomic E-state index is 12.7. The molecule has 3 rings (SSSR count). The number of aryl methyl sites for hydroxylation is 1. The average molecular weight is 349 g/mol. The van der Waals surface area contributed by atoms with E-state index in [0.29, 0.717) is 0 Å². The molecule has 1 aromatic heterocycles. The Labute approximate surface area is 143 Å². The van der Waals surface area contributed by atoms with Gasteiger partial charge in [0.15, 0.2) is 0 Å². The number of hydrogen-bond donors (Lipinski definition) is 0. The first-order valence-electron chi connectivity index (χ1n) is 8.16. The highest BCUT2D eigenvalue weighted by atomic mass is 32.2. The Morgan fingerprint density at radius 1 is 1.25 bits per heavy atom. The van der Waals surface area contributed by atoms with Crippen LogP contribution >= 0.6 is 0 Å². The van der Waals surface area contributed by atoms with Crippen molar-refractivity contribution in [2.45, 2.75) is 43.2 Å². The number of benzene rings is 1. The van der Waals surface area contributed by atoms with Gasteiger partial charge >= 0.3 is 0 Å². The maximum Gasteiger partial charge on any atom is 0.243 e. The lowest BCUT2D eigenvalue weighted by Crippen LogP contribution is -2.26. The van der Waals surface area contributed by atoms with Crippen molar-refractivity contribution in [2.75, 3.05) is 7.05 Å². The van der Waals surface area contributed by atoms with Crippen molar-refractivity contribution < 1.29 is 13.2 Å². The van der Waals surface area contributed by atoms with Crippen LogP contribution < -0.4 is 4.74 Å². The molecule has 0 spiro atoms. The molecule has 0 aliphatic heterocycles. The summed E-state index contributed by atoms with van der Waals surface area (Å²) < 4.78 is 34.2. The molecule has 0 amide bonds. The summed E-state index contributed by atoms with van der Waals surface area (Å²) in [6, 6.07) is 6.70. The molecule has 0 saturated heterocycles. The van der Waals surface area contributed by atoms with Gasteiger partial charge in [-0.05, 0) is 49.9 Å². The van der Waals surface area contributed by atoms with Crippen LogP contribution in [0.15, 0.2) is 41.6 Å². The summed E-state index contributed by atoms with van der Waals surface area (Å²) in [4.78, 5) is 0.271. The molecule has 1 aliphatic carbocycles. The number of aromatic nitrogens is 2. The summed E-state index contributed by atoms with van der Waals surface area (Å²) in [6.45, 7) is 0.288. The largest absolute Gasteiger partial charge is 0.490 e. The zero-order valence-corrected chi connectivity index (χ0v) is 14.9. The van der Waals surface area contributed by atoms with Crippen LogP contribution in [0.1, 0.15) is 31.2 Å². The molecule has 130 valence electrons. The lowest BCUT2D eigenvalue weighted by Gasteiger charge is -2.17. The van der Waals surface area contributed by atoms with Crippen molar-refractivity contribution in [1.29, 1.82) is 0 Å². The molecular formula is C17H23N3O3S. The van der Waals surface area contributed by atoms with Crippen molar-refractivity contribution >= 4 is 10.0 Å². The fraction of sp³-hybridized carbons (Fsp3) is 0.471. The minimum absolute atomic E-state index is 0.265. The van der Waals surface area contributed by atoms with Crippen LogP contribution in [0.5, 0.6) is 5.75 Å². The van der Waals surface area contributed by atoms with Crippen LogP contribution in [0, 0.1) is 0 Å². The molecule has 0 bridgehead atoms. The molecule has 0 atom stereocenters. The number of hydrogen-bond acceptors (Lipinski definition) is 4. The Morgan fingerprint density at radius 2 is 1.92 bits per heavy atom. The molecule has 0 N–H and O–H groups in total. The highest BCUT2D eigenvalue weighted by molar-refractivity contribution is 7.89. The molecule has 6 nitrogen and oxygen atoms in total. The molecular weight excluding hydrogens is 326 g/mol. The number of rotatable bonds is 6. The molecule has 1 aromatic carbocycles. The van der Waals surface area contributed by atoms with E-state index in [-0.39, 0.29) is 17.5 Å². The second kappa shape index (κ2) is 6.94. The fourth-order valence-electron chi connectivity index (χ4n) is 2.96. The first-order valence-corrected chi connectivity index (χ1v) is 9.60. The number of nitrogens with zero attached hydrogens (tertiary/aromatic N) is 3. The van der Waals surface area contributed by atoms with Crippen molar-refractivity contribution in [3.05, 3.63) is 42.2 Å². The zero-order valence-electron chi connectivity index (χ0n) is 14.1. The van der Waals surface area contributed by atoms with E-state index in [2.05, 4.69) is 5.10 Å². The quantitative estimate of drug-likeness (QED) is 0.804. The van der Waals surface area contributed by atoms with Crippen LogP contribution in [-0.4, -0.2) is 35.7 Å². The maximum absolute atomic E-state index is 12.7. The van der Waals surface area contributed by atoms with Gasteiger partial charge in [-0.15, -0.1) is 0 Å². The van der Waals surface area contributed by atoms with E-state index >= 15 is 0 Å². The third kappa shape index (κ3) is 3.79. The molecule has 24 heavy (non-hydrogen) atoms. The molecule has 0 unspecified atom stereocenters. The zero-order chi connectivity index (χ0) is 17.2. The minimum atomic E-state index is -3.53. The van der Waals surface area contributed by atoms with E-state index in [1.807, 2.05) is 6.20 Å². The highest BCUT2D eigenvalue weighted by Gasteiger charge is 2.22. The van der Waals surface area contributed by atoms with Crippen LogP contribution in [0.4, 0.5) is 0 Å². The average Bonchev–Trinajstić information content (AvgIpc) is 3.20. The van der Waals surface area contributed by atoms with Crippen molar-refractivity contribution in [3.8, 4) is 5.75 Å². The molecule has 1 fully saturated rings. The summed E-state index contributed by atoms with van der Waals surface area (Å²) in [6.07, 6.45) is 8.31. The Balaban J connectivity index is 1.69. The van der Waals surface area contributed by atoms with Crippen molar-refractivity contribution in [1.82, 2.24) is 14.1 Å². The van der Waals surface area contributed by atoms with E-state index in [1.165, 1.54) is 17.1 Å². The van der Waals surface area contributed by atoms with Crippen LogP contribution in [0.3, 0.4) is 0 Å². The third-order valence-electron chi connectivity index (χ3n) is 4.30. The van der Waals surface area contributed by atoms with Gasteiger partial charge in [0.05, 0.1) is 17.2 Å². The topological polar surface area (TPSA) is 64.4 Å². The summed E-state index contributed by atoms with van der Waals surface area (Å²) in [5, 5.41) is 4.06. The predicted molar refractivity (Wildman–Crippen MR) is 91.2 cm³/mol. The Morgan fingerprint density at radius 3 is 2.50 bits per heavy atom. The standard InChI is InChI=1S/C17H23N3O3S/c1-19-12-14(11-18-19)13-20(2)24(21,22)17-9-7-16(8-10-17)23-15-5-3-4-6-15/h7-12,15H,3-6,13H2,1-2H3. The van der Waals surface area contributed by atoms with Crippen molar-refractivity contribution in [2.24, 2.45) is 7.05 Å². The molecule has 0 radical (unpaired) electrons. The van der Waals surface area contributed by atoms with Crippen molar-refractivity contribution in [3.63, 3.8) is 0 Å². The smallest absolute Gasteiger partial charge is 0.243 e. The lowest BCUT2D eigenvalue weighted by molar-refractivity contribution is 0.210. The van der Waals surface area contributed by atoms with Gasteiger partial charge < -0.3 is 4.74 Å². The summed E-state index contributed by atoms with van der Waals surface area (Å²) in [7, 11) is -0.150. The van der Waals surface area contributed by atoms with Crippen LogP contribution in [-0.2, 0) is 23.6 Å². The first kappa shape index (κ1) is 17.0. The molecule has 1 heterocycles. The van der Waals surface area contributed by atoms with E-state index in [9.17, 15) is 8.42 Å². The van der Waals surface area contributed by atoms with Gasteiger partial charge in [0.1, 0.15) is 5.75 Å². The summed E-state index contributed by atoms with van der Waals surface area (Å²) >= 11 is 0. The van der Waals surface area contributed by atoms with Crippen LogP contribution in [0.2, 0.25) is 0 Å². The van der Waals surface area contributed by atoms with E-state index in [1.54, 1.807) is 49.2 Å². The summed E-state index contributed by atoms with van der Waals surface area (Å²) in [5.41, 5.74) is 0.852. The van der Waals surface area contributed by atoms with Gasteiger partial charge in [0.25, 0.3) is 0 Å². The number of sulfonamides is 1. The predicted octanol–water partition coefficient (Wildman–Crippen LogP) is 2.56. The Kier molecular flexibility index (Phi) is 4.91. The van der Waals surface area contributed by atoms with Gasteiger partial charge in [-0.2, -0.15) is 9.40 Å².